The normalized spacial score (nSPS) is 38.3. The molecule has 2 aliphatic heterocycles. The Balaban J connectivity index is 1.69. The number of phosphoric ester groups is 1. The van der Waals surface area contributed by atoms with Gasteiger partial charge in [-0.25, -0.2) is 18.1 Å². The second-order valence-corrected chi connectivity index (χ2v) is 13.1. The van der Waals surface area contributed by atoms with Crippen molar-refractivity contribution in [1.29, 1.82) is 0 Å². The summed E-state index contributed by atoms with van der Waals surface area (Å²) in [5.41, 5.74) is 2.65. The van der Waals surface area contributed by atoms with E-state index in [0.717, 1.165) is 22.9 Å². The highest BCUT2D eigenvalue weighted by molar-refractivity contribution is 8.08. The lowest BCUT2D eigenvalue weighted by Gasteiger charge is -2.41. The molecule has 1 aromatic heterocycles. The third kappa shape index (κ3) is 7.01. The molecule has 40 heavy (non-hydrogen) atoms. The van der Waals surface area contributed by atoms with Gasteiger partial charge in [0.05, 0.1) is 13.2 Å². The highest BCUT2D eigenvalue weighted by atomic mass is 32.5. The zero-order chi connectivity index (χ0) is 30.2. The van der Waals surface area contributed by atoms with E-state index in [2.05, 4.69) is 27.2 Å². The van der Waals surface area contributed by atoms with Gasteiger partial charge in [-0.3, -0.25) is 18.9 Å². The highest BCUT2D eigenvalue weighted by Gasteiger charge is 2.54. The van der Waals surface area contributed by atoms with E-state index in [0.29, 0.717) is 0 Å². The molecule has 1 aromatic rings. The summed E-state index contributed by atoms with van der Waals surface area (Å²) in [7, 11) is -5.53. The van der Waals surface area contributed by atoms with E-state index in [9.17, 15) is 48.8 Å². The molecule has 0 amide bonds. The summed E-state index contributed by atoms with van der Waals surface area (Å²) in [6.45, 7) is -3.27. The smallest absolute Gasteiger partial charge is 0.393 e. The van der Waals surface area contributed by atoms with Crippen LogP contribution in [0.15, 0.2) is 34.5 Å². The summed E-state index contributed by atoms with van der Waals surface area (Å²) >= 11 is 4.67. The molecule has 12 atom stereocenters. The van der Waals surface area contributed by atoms with E-state index in [4.69, 9.17) is 24.8 Å². The quantitative estimate of drug-likeness (QED) is 0.0828. The standard InChI is InChI=1S/C18H28FN3O15P2S/c1-2-18(20)14(28)8(34-16(18)22-4-3-9(24)21-17(22)29)6-33-39(32,40)37-38(30,31)36-15-12(27)10(25)11(26)13(35-15)7(19)5-23/h2-4,7-8,10-16,23,25-28H,1,5-6,20H2,(H,30,31)(H,32,40)(H,21,24,29)/t7-,8+,10?,11?,12?,13?,14+,15?,16+,18+,39?/m0/s1. The van der Waals surface area contributed by atoms with Crippen molar-refractivity contribution in [3.8, 4) is 0 Å². The molecule has 18 nitrogen and oxygen atoms in total. The largest absolute Gasteiger partial charge is 0.481 e. The molecule has 2 saturated heterocycles. The Morgan fingerprint density at radius 1 is 1.25 bits per heavy atom. The van der Waals surface area contributed by atoms with Gasteiger partial charge in [0.1, 0.15) is 42.2 Å². The van der Waals surface area contributed by atoms with E-state index in [1.165, 1.54) is 0 Å². The highest BCUT2D eigenvalue weighted by Crippen LogP contribution is 2.62. The van der Waals surface area contributed by atoms with Crippen molar-refractivity contribution in [2.45, 2.75) is 60.9 Å². The average molecular weight is 639 g/mol. The zero-order valence-corrected chi connectivity index (χ0v) is 22.8. The summed E-state index contributed by atoms with van der Waals surface area (Å²) in [6, 6.07) is 0.983. The number of ether oxygens (including phenoxy) is 2. The molecule has 0 bridgehead atoms. The van der Waals surface area contributed by atoms with Crippen LogP contribution in [0.2, 0.25) is 0 Å². The molecule has 10 N–H and O–H groups in total. The number of aliphatic hydroxyl groups excluding tert-OH is 5. The molecule has 2 aliphatic rings. The van der Waals surface area contributed by atoms with Gasteiger partial charge < -0.3 is 55.1 Å². The van der Waals surface area contributed by atoms with Gasteiger partial charge in [-0.2, -0.15) is 0 Å². The summed E-state index contributed by atoms with van der Waals surface area (Å²) in [6.07, 6.45) is -15.5. The fourth-order valence-corrected chi connectivity index (χ4v) is 7.03. The van der Waals surface area contributed by atoms with Crippen LogP contribution in [0.3, 0.4) is 0 Å². The van der Waals surface area contributed by atoms with Gasteiger partial charge in [-0.15, -0.1) is 6.58 Å². The molecule has 2 fully saturated rings. The van der Waals surface area contributed by atoms with Crippen LogP contribution in [0.25, 0.3) is 0 Å². The number of nitrogens with two attached hydrogens (primary N) is 1. The fraction of sp³-hybridized carbons (Fsp3) is 0.667. The molecule has 3 rings (SSSR count). The average Bonchev–Trinajstić information content (AvgIpc) is 3.12. The molecule has 0 radical (unpaired) electrons. The number of halogens is 1. The van der Waals surface area contributed by atoms with Crippen LogP contribution in [0.4, 0.5) is 4.39 Å². The Hall–Kier alpha value is -1.29. The van der Waals surface area contributed by atoms with Crippen molar-refractivity contribution in [3.63, 3.8) is 0 Å². The fourth-order valence-electron chi connectivity index (χ4n) is 3.93. The lowest BCUT2D eigenvalue weighted by Crippen LogP contribution is -2.60. The van der Waals surface area contributed by atoms with Gasteiger partial charge in [-0.1, -0.05) is 6.08 Å². The minimum atomic E-state index is -5.53. The summed E-state index contributed by atoms with van der Waals surface area (Å²) in [4.78, 5) is 45.9. The van der Waals surface area contributed by atoms with E-state index in [1.54, 1.807) is 0 Å². The number of aliphatic hydroxyl groups is 5. The second-order valence-electron chi connectivity index (χ2n) is 8.75. The summed E-state index contributed by atoms with van der Waals surface area (Å²) < 4.78 is 51.6. The van der Waals surface area contributed by atoms with Crippen LogP contribution in [0.5, 0.6) is 0 Å². The number of aromatic amines is 1. The number of hydrogen-bond donors (Lipinski definition) is 9. The lowest BCUT2D eigenvalue weighted by atomic mass is 9.91. The predicted molar refractivity (Wildman–Crippen MR) is 131 cm³/mol. The van der Waals surface area contributed by atoms with Crippen LogP contribution >= 0.6 is 14.5 Å². The van der Waals surface area contributed by atoms with Gasteiger partial charge in [-0.05, 0) is 11.8 Å². The first kappa shape index (κ1) is 33.2. The van der Waals surface area contributed by atoms with E-state index in [-0.39, 0.29) is 0 Å². The molecule has 7 unspecified atom stereocenters. The maximum atomic E-state index is 13.9. The molecule has 3 heterocycles. The Bertz CT molecular complexity index is 1290. The van der Waals surface area contributed by atoms with Crippen LogP contribution in [0.1, 0.15) is 6.23 Å². The van der Waals surface area contributed by atoms with Crippen molar-refractivity contribution in [2.75, 3.05) is 13.2 Å². The Morgan fingerprint density at radius 3 is 2.48 bits per heavy atom. The number of aromatic nitrogens is 2. The maximum Gasteiger partial charge on any atom is 0.481 e. The number of alkyl halides is 1. The molecular formula is C18H28FN3O15P2S. The van der Waals surface area contributed by atoms with Crippen molar-refractivity contribution in [3.05, 3.63) is 45.8 Å². The second kappa shape index (κ2) is 12.5. The lowest BCUT2D eigenvalue weighted by molar-refractivity contribution is -0.287. The summed E-state index contributed by atoms with van der Waals surface area (Å²) in [5, 5.41) is 49.3. The third-order valence-corrected chi connectivity index (χ3v) is 9.55. The Morgan fingerprint density at radius 2 is 1.90 bits per heavy atom. The molecule has 0 aliphatic carbocycles. The topological polar surface area (TPSA) is 286 Å². The van der Waals surface area contributed by atoms with Crippen LogP contribution < -0.4 is 17.0 Å². The van der Waals surface area contributed by atoms with Gasteiger partial charge in [0, 0.05) is 12.3 Å². The van der Waals surface area contributed by atoms with E-state index >= 15 is 0 Å². The number of rotatable bonds is 11. The summed E-state index contributed by atoms with van der Waals surface area (Å²) in [5.74, 6) is 0. The van der Waals surface area contributed by atoms with Gasteiger partial charge >= 0.3 is 20.2 Å². The SMILES string of the molecule is C=C[C@@]1(N)[C@H](O)[C@@H](COP(O)(=S)OP(=O)(O)OC2OC([C@@H](F)CO)C(O)C(O)C2O)O[C@H]1n1ccc(=O)[nH]c1=O. The minimum absolute atomic E-state index is 0.722. The number of hydrogen-bond acceptors (Lipinski definition) is 15. The molecule has 22 heteroatoms. The van der Waals surface area contributed by atoms with Gasteiger partial charge in [0.15, 0.2) is 18.7 Å². The minimum Gasteiger partial charge on any atom is -0.393 e. The Kier molecular flexibility index (Phi) is 10.4. The molecular weight excluding hydrogens is 611 g/mol. The van der Waals surface area contributed by atoms with Gasteiger partial charge in [0.25, 0.3) is 5.56 Å². The van der Waals surface area contributed by atoms with Crippen molar-refractivity contribution >= 4 is 26.3 Å². The van der Waals surface area contributed by atoms with Crippen LogP contribution in [-0.2, 0) is 39.2 Å². The first-order valence-corrected chi connectivity index (χ1v) is 15.3. The molecule has 0 saturated carbocycles. The van der Waals surface area contributed by atoms with E-state index < -0.39 is 99.9 Å². The number of nitrogens with zero attached hydrogens (tertiary/aromatic N) is 1. The molecule has 0 aromatic carbocycles. The first-order chi connectivity index (χ1) is 18.5. The van der Waals surface area contributed by atoms with Gasteiger partial charge in [0.2, 0.25) is 0 Å². The number of H-pyrrole nitrogens is 1. The Labute approximate surface area is 228 Å². The number of nitrogens with one attached hydrogen (secondary N) is 1. The predicted octanol–water partition coefficient (Wildman–Crippen LogP) is -3.82. The zero-order valence-electron chi connectivity index (χ0n) is 20.2. The van der Waals surface area contributed by atoms with E-state index in [1.807, 2.05) is 4.98 Å². The van der Waals surface area contributed by atoms with Crippen molar-refractivity contribution < 1.29 is 67.1 Å². The molecule has 228 valence electrons. The number of phosphoric acid groups is 1. The van der Waals surface area contributed by atoms with Crippen molar-refractivity contribution in [1.82, 2.24) is 9.55 Å². The monoisotopic (exact) mass is 639 g/mol. The third-order valence-electron chi connectivity index (χ3n) is 6.04. The van der Waals surface area contributed by atoms with Crippen molar-refractivity contribution in [2.24, 2.45) is 5.73 Å². The van der Waals surface area contributed by atoms with Crippen LogP contribution in [0, 0.1) is 0 Å². The first-order valence-electron chi connectivity index (χ1n) is 11.2. The molecule has 0 spiro atoms. The van der Waals surface area contributed by atoms with Crippen LogP contribution in [-0.4, -0.2) is 113 Å². The maximum absolute atomic E-state index is 13.9.